The molecule has 0 bridgehead atoms. The van der Waals surface area contributed by atoms with Crippen LogP contribution in [0.4, 0.5) is 0 Å². The molecule has 0 N–H and O–H groups in total. The summed E-state index contributed by atoms with van der Waals surface area (Å²) in [5.41, 5.74) is 0. The molecule has 1 aromatic carbocycles. The van der Waals surface area contributed by atoms with Gasteiger partial charge in [0.1, 0.15) is 0 Å². The molecule has 5 heteroatoms. The average molecular weight is 342 g/mol. The summed E-state index contributed by atoms with van der Waals surface area (Å²) in [6.45, 7) is 0. The molecular weight excluding hydrogens is 326 g/mol. The highest BCUT2D eigenvalue weighted by Crippen LogP contribution is 2.54. The number of benzene rings is 1. The monoisotopic (exact) mass is 341 g/mol. The predicted molar refractivity (Wildman–Crippen MR) is 78.2 cm³/mol. The van der Waals surface area contributed by atoms with Gasteiger partial charge in [0.15, 0.2) is 0 Å². The zero-order valence-corrected chi connectivity index (χ0v) is 13.1. The van der Waals surface area contributed by atoms with E-state index in [9.17, 15) is 9.00 Å². The molecule has 102 valence electrons. The summed E-state index contributed by atoms with van der Waals surface area (Å²) in [4.78, 5) is 12.7. The Morgan fingerprint density at radius 1 is 1.37 bits per heavy atom. The minimum Gasteiger partial charge on any atom is -0.272 e. The highest BCUT2D eigenvalue weighted by Gasteiger charge is 2.51. The SMILES string of the molecule is CS(=O)(=NC(=O)[C@H]1C[C@@H]1C1CC1)c1ccccc1Br. The van der Waals surface area contributed by atoms with E-state index in [0.29, 0.717) is 10.8 Å². The first-order valence-electron chi connectivity index (χ1n) is 6.49. The van der Waals surface area contributed by atoms with Crippen molar-refractivity contribution in [3.63, 3.8) is 0 Å². The number of hydrogen-bond donors (Lipinski definition) is 0. The average Bonchev–Trinajstić information content (AvgIpc) is 3.20. The Morgan fingerprint density at radius 3 is 2.68 bits per heavy atom. The molecule has 2 aliphatic carbocycles. The van der Waals surface area contributed by atoms with Crippen LogP contribution >= 0.6 is 15.9 Å². The molecule has 2 fully saturated rings. The maximum Gasteiger partial charge on any atom is 0.257 e. The Labute approximate surface area is 122 Å². The second-order valence-electron chi connectivity index (χ2n) is 5.51. The molecule has 1 aromatic rings. The van der Waals surface area contributed by atoms with Gasteiger partial charge in [-0.05, 0) is 59.2 Å². The molecule has 0 saturated heterocycles. The van der Waals surface area contributed by atoms with Gasteiger partial charge in [0, 0.05) is 16.6 Å². The van der Waals surface area contributed by atoms with E-state index in [4.69, 9.17) is 0 Å². The van der Waals surface area contributed by atoms with Gasteiger partial charge in [-0.25, -0.2) is 4.21 Å². The second kappa shape index (κ2) is 4.70. The summed E-state index contributed by atoms with van der Waals surface area (Å²) in [7, 11) is -2.65. The molecule has 0 heterocycles. The van der Waals surface area contributed by atoms with Gasteiger partial charge in [-0.15, -0.1) is 0 Å². The summed E-state index contributed by atoms with van der Waals surface area (Å²) in [6, 6.07) is 7.25. The van der Waals surface area contributed by atoms with Gasteiger partial charge in [-0.1, -0.05) is 12.1 Å². The Kier molecular flexibility index (Phi) is 3.29. The minimum absolute atomic E-state index is 0.0377. The second-order valence-corrected chi connectivity index (χ2v) is 8.59. The molecule has 3 nitrogen and oxygen atoms in total. The molecule has 1 amide bonds. The van der Waals surface area contributed by atoms with Gasteiger partial charge in [-0.3, -0.25) is 4.79 Å². The fraction of sp³-hybridized carbons (Fsp3) is 0.500. The number of rotatable bonds is 3. The summed E-state index contributed by atoms with van der Waals surface area (Å²) >= 11 is 3.37. The molecule has 0 radical (unpaired) electrons. The quantitative estimate of drug-likeness (QED) is 0.844. The van der Waals surface area contributed by atoms with E-state index in [1.807, 2.05) is 18.2 Å². The van der Waals surface area contributed by atoms with Crippen molar-refractivity contribution in [2.45, 2.75) is 24.2 Å². The highest BCUT2D eigenvalue weighted by atomic mass is 79.9. The van der Waals surface area contributed by atoms with Crippen molar-refractivity contribution in [1.29, 1.82) is 0 Å². The van der Waals surface area contributed by atoms with Crippen molar-refractivity contribution >= 4 is 31.6 Å². The van der Waals surface area contributed by atoms with E-state index in [1.54, 1.807) is 12.3 Å². The van der Waals surface area contributed by atoms with Gasteiger partial charge in [0.05, 0.1) is 14.6 Å². The zero-order chi connectivity index (χ0) is 13.6. The van der Waals surface area contributed by atoms with Crippen molar-refractivity contribution < 1.29 is 9.00 Å². The zero-order valence-electron chi connectivity index (χ0n) is 10.7. The number of carbonyl (C=O) groups excluding carboxylic acids is 1. The van der Waals surface area contributed by atoms with E-state index in [1.165, 1.54) is 12.8 Å². The molecule has 1 unspecified atom stereocenters. The first-order chi connectivity index (χ1) is 8.99. The molecular formula is C14H16BrNO2S. The van der Waals surface area contributed by atoms with E-state index < -0.39 is 9.73 Å². The predicted octanol–water partition coefficient (Wildman–Crippen LogP) is 3.48. The third kappa shape index (κ3) is 2.77. The van der Waals surface area contributed by atoms with Crippen LogP contribution in [0.2, 0.25) is 0 Å². The van der Waals surface area contributed by atoms with Crippen LogP contribution in [0, 0.1) is 17.8 Å². The van der Waals surface area contributed by atoms with Crippen LogP contribution in [0.25, 0.3) is 0 Å². The largest absolute Gasteiger partial charge is 0.272 e. The summed E-state index contributed by atoms with van der Waals surface area (Å²) in [6.07, 6.45) is 4.98. The fourth-order valence-corrected chi connectivity index (χ4v) is 5.11. The Hall–Kier alpha value is -0.680. The third-order valence-electron chi connectivity index (χ3n) is 3.89. The first-order valence-corrected chi connectivity index (χ1v) is 9.21. The third-order valence-corrected chi connectivity index (χ3v) is 6.55. The molecule has 3 rings (SSSR count). The van der Waals surface area contributed by atoms with Crippen molar-refractivity contribution in [3.8, 4) is 0 Å². The fourth-order valence-electron chi connectivity index (χ4n) is 2.58. The van der Waals surface area contributed by atoms with Gasteiger partial charge in [0.25, 0.3) is 5.91 Å². The molecule has 0 aromatic heterocycles. The van der Waals surface area contributed by atoms with Gasteiger partial charge in [-0.2, -0.15) is 4.36 Å². The van der Waals surface area contributed by atoms with Crippen molar-refractivity contribution in [2.24, 2.45) is 22.1 Å². The summed E-state index contributed by atoms with van der Waals surface area (Å²) < 4.78 is 17.4. The van der Waals surface area contributed by atoms with Crippen LogP contribution in [0.15, 0.2) is 38.0 Å². The smallest absolute Gasteiger partial charge is 0.257 e. The van der Waals surface area contributed by atoms with Crippen LogP contribution in [-0.4, -0.2) is 16.4 Å². The summed E-state index contributed by atoms with van der Waals surface area (Å²) in [5, 5.41) is 0. The van der Waals surface area contributed by atoms with Gasteiger partial charge < -0.3 is 0 Å². The van der Waals surface area contributed by atoms with Gasteiger partial charge >= 0.3 is 0 Å². The number of nitrogens with zero attached hydrogens (tertiary/aromatic N) is 1. The highest BCUT2D eigenvalue weighted by molar-refractivity contribution is 9.10. The van der Waals surface area contributed by atoms with Crippen LogP contribution in [0.1, 0.15) is 19.3 Å². The van der Waals surface area contributed by atoms with Crippen molar-refractivity contribution in [1.82, 2.24) is 0 Å². The molecule has 2 aliphatic rings. The van der Waals surface area contributed by atoms with E-state index >= 15 is 0 Å². The lowest BCUT2D eigenvalue weighted by Crippen LogP contribution is -2.06. The minimum atomic E-state index is -2.65. The Morgan fingerprint density at radius 2 is 2.05 bits per heavy atom. The molecule has 19 heavy (non-hydrogen) atoms. The molecule has 0 aliphatic heterocycles. The van der Waals surface area contributed by atoms with Crippen LogP contribution in [0.5, 0.6) is 0 Å². The summed E-state index contributed by atoms with van der Waals surface area (Å²) in [5.74, 6) is 1.13. The van der Waals surface area contributed by atoms with Gasteiger partial charge in [0.2, 0.25) is 0 Å². The van der Waals surface area contributed by atoms with Crippen LogP contribution < -0.4 is 0 Å². The van der Waals surface area contributed by atoms with E-state index in [-0.39, 0.29) is 11.8 Å². The topological polar surface area (TPSA) is 46.5 Å². The molecule has 2 saturated carbocycles. The lowest BCUT2D eigenvalue weighted by Gasteiger charge is -2.06. The number of halogens is 1. The van der Waals surface area contributed by atoms with E-state index in [2.05, 4.69) is 20.3 Å². The van der Waals surface area contributed by atoms with Crippen molar-refractivity contribution in [2.75, 3.05) is 6.26 Å². The number of hydrogen-bond acceptors (Lipinski definition) is 2. The number of carbonyl (C=O) groups is 1. The lowest BCUT2D eigenvalue weighted by molar-refractivity contribution is -0.119. The first kappa shape index (κ1) is 13.3. The standard InChI is InChI=1S/C14H16BrNO2S/c1-19(18,13-5-3-2-4-12(13)15)16-14(17)11-8-10(11)9-6-7-9/h2-5,9-11H,6-8H2,1H3/t10-,11+,19?/m1/s1. The number of amides is 1. The maximum atomic E-state index is 12.6. The van der Waals surface area contributed by atoms with E-state index in [0.717, 1.165) is 16.8 Å². The van der Waals surface area contributed by atoms with Crippen LogP contribution in [0.3, 0.4) is 0 Å². The Balaban J connectivity index is 1.83. The molecule has 3 atom stereocenters. The van der Waals surface area contributed by atoms with Crippen LogP contribution in [-0.2, 0) is 14.5 Å². The van der Waals surface area contributed by atoms with Crippen molar-refractivity contribution in [3.05, 3.63) is 28.7 Å². The Bertz CT molecular complexity index is 645. The lowest BCUT2D eigenvalue weighted by atomic mass is 10.2. The molecule has 0 spiro atoms. The maximum absolute atomic E-state index is 12.6. The normalized spacial score (nSPS) is 28.5.